The van der Waals surface area contributed by atoms with E-state index in [-0.39, 0.29) is 18.1 Å². The molecule has 1 N–H and O–H groups in total. The molecule has 0 radical (unpaired) electrons. The van der Waals surface area contributed by atoms with Gasteiger partial charge in [0.2, 0.25) is 5.91 Å². The fraction of sp³-hybridized carbons (Fsp3) is 0.462. The summed E-state index contributed by atoms with van der Waals surface area (Å²) in [5.74, 6) is -0.0312. The third kappa shape index (κ3) is 3.45. The van der Waals surface area contributed by atoms with Crippen molar-refractivity contribution in [2.75, 3.05) is 45.1 Å². The zero-order chi connectivity index (χ0) is 14.5. The van der Waals surface area contributed by atoms with E-state index in [1.807, 2.05) is 7.05 Å². The van der Waals surface area contributed by atoms with Crippen molar-refractivity contribution in [1.82, 2.24) is 9.80 Å². The SMILES string of the molecule is CN1CCN(C(=O)CNc2ccccc2[N+](=O)[O-])CC1. The van der Waals surface area contributed by atoms with E-state index in [4.69, 9.17) is 0 Å². The Morgan fingerprint density at radius 1 is 1.30 bits per heavy atom. The van der Waals surface area contributed by atoms with E-state index >= 15 is 0 Å². The summed E-state index contributed by atoms with van der Waals surface area (Å²) in [7, 11) is 2.02. The van der Waals surface area contributed by atoms with Crippen LogP contribution in [0.4, 0.5) is 11.4 Å². The largest absolute Gasteiger partial charge is 0.371 e. The summed E-state index contributed by atoms with van der Waals surface area (Å²) in [6, 6.07) is 6.33. The summed E-state index contributed by atoms with van der Waals surface area (Å²) < 4.78 is 0. The van der Waals surface area contributed by atoms with E-state index in [2.05, 4.69) is 10.2 Å². The minimum atomic E-state index is -0.456. The third-order valence-electron chi connectivity index (χ3n) is 3.39. The average molecular weight is 278 g/mol. The van der Waals surface area contributed by atoms with Gasteiger partial charge in [0.25, 0.3) is 5.69 Å². The highest BCUT2D eigenvalue weighted by Gasteiger charge is 2.19. The average Bonchev–Trinajstić information content (AvgIpc) is 2.45. The minimum absolute atomic E-state index is 0.0151. The molecule has 7 heteroatoms. The Kier molecular flexibility index (Phi) is 4.52. The summed E-state index contributed by atoms with van der Waals surface area (Å²) in [6.45, 7) is 3.20. The number of benzene rings is 1. The predicted molar refractivity (Wildman–Crippen MR) is 75.7 cm³/mol. The molecule has 108 valence electrons. The molecule has 1 amide bonds. The van der Waals surface area contributed by atoms with E-state index in [1.54, 1.807) is 23.1 Å². The van der Waals surface area contributed by atoms with Gasteiger partial charge in [0, 0.05) is 32.2 Å². The van der Waals surface area contributed by atoms with Crippen LogP contribution in [0.5, 0.6) is 0 Å². The number of likely N-dealkylation sites (N-methyl/N-ethyl adjacent to an activating group) is 1. The van der Waals surface area contributed by atoms with Gasteiger partial charge < -0.3 is 15.1 Å². The van der Waals surface area contributed by atoms with Crippen molar-refractivity contribution in [3.63, 3.8) is 0 Å². The first kappa shape index (κ1) is 14.3. The van der Waals surface area contributed by atoms with Gasteiger partial charge in [0.05, 0.1) is 11.5 Å². The maximum atomic E-state index is 12.0. The van der Waals surface area contributed by atoms with Crippen molar-refractivity contribution in [2.45, 2.75) is 0 Å². The van der Waals surface area contributed by atoms with Crippen LogP contribution < -0.4 is 5.32 Å². The molecule has 0 aliphatic carbocycles. The van der Waals surface area contributed by atoms with Crippen LogP contribution in [0.15, 0.2) is 24.3 Å². The second kappa shape index (κ2) is 6.33. The Hall–Kier alpha value is -2.15. The molecule has 2 rings (SSSR count). The first-order valence-corrected chi connectivity index (χ1v) is 6.51. The highest BCUT2D eigenvalue weighted by molar-refractivity contribution is 5.82. The van der Waals surface area contributed by atoms with E-state index in [0.29, 0.717) is 18.8 Å². The first-order valence-electron chi connectivity index (χ1n) is 6.51. The molecule has 1 heterocycles. The maximum Gasteiger partial charge on any atom is 0.292 e. The van der Waals surface area contributed by atoms with Gasteiger partial charge in [-0.1, -0.05) is 12.1 Å². The van der Waals surface area contributed by atoms with Gasteiger partial charge in [0.1, 0.15) is 5.69 Å². The van der Waals surface area contributed by atoms with Gasteiger partial charge in [-0.25, -0.2) is 0 Å². The van der Waals surface area contributed by atoms with Crippen LogP contribution in [0, 0.1) is 10.1 Å². The maximum absolute atomic E-state index is 12.0. The quantitative estimate of drug-likeness (QED) is 0.650. The topological polar surface area (TPSA) is 78.7 Å². The van der Waals surface area contributed by atoms with Gasteiger partial charge in [-0.15, -0.1) is 0 Å². The number of para-hydroxylation sites is 2. The standard InChI is InChI=1S/C13H18N4O3/c1-15-6-8-16(9-7-15)13(18)10-14-11-4-2-3-5-12(11)17(19)20/h2-5,14H,6-10H2,1H3. The molecule has 1 aliphatic heterocycles. The number of carbonyl (C=O) groups is 1. The summed E-state index contributed by atoms with van der Waals surface area (Å²) >= 11 is 0. The summed E-state index contributed by atoms with van der Waals surface area (Å²) in [5.41, 5.74) is 0.360. The van der Waals surface area contributed by atoms with Gasteiger partial charge in [-0.05, 0) is 13.1 Å². The van der Waals surface area contributed by atoms with Crippen molar-refractivity contribution in [3.8, 4) is 0 Å². The normalized spacial score (nSPS) is 15.9. The molecule has 1 aliphatic rings. The smallest absolute Gasteiger partial charge is 0.292 e. The van der Waals surface area contributed by atoms with Crippen molar-refractivity contribution >= 4 is 17.3 Å². The van der Waals surface area contributed by atoms with E-state index in [0.717, 1.165) is 13.1 Å². The molecular weight excluding hydrogens is 260 g/mol. The van der Waals surface area contributed by atoms with Gasteiger partial charge in [0.15, 0.2) is 0 Å². The van der Waals surface area contributed by atoms with Crippen LogP contribution in [0.3, 0.4) is 0 Å². The number of nitrogens with one attached hydrogen (secondary N) is 1. The monoisotopic (exact) mass is 278 g/mol. The second-order valence-corrected chi connectivity index (χ2v) is 4.81. The lowest BCUT2D eigenvalue weighted by atomic mass is 10.2. The molecule has 0 aromatic heterocycles. The molecule has 0 spiro atoms. The van der Waals surface area contributed by atoms with E-state index in [1.165, 1.54) is 6.07 Å². The van der Waals surface area contributed by atoms with Gasteiger partial charge in [-0.3, -0.25) is 14.9 Å². The highest BCUT2D eigenvalue weighted by Crippen LogP contribution is 2.22. The number of nitro benzene ring substituents is 1. The molecule has 0 bridgehead atoms. The Labute approximate surface area is 117 Å². The third-order valence-corrected chi connectivity index (χ3v) is 3.39. The number of amides is 1. The highest BCUT2D eigenvalue weighted by atomic mass is 16.6. The first-order chi connectivity index (χ1) is 9.58. The van der Waals surface area contributed by atoms with Crippen molar-refractivity contribution in [2.24, 2.45) is 0 Å². The molecule has 0 saturated carbocycles. The van der Waals surface area contributed by atoms with Crippen LogP contribution in [-0.2, 0) is 4.79 Å². The molecule has 0 unspecified atom stereocenters. The number of nitrogens with zero attached hydrogens (tertiary/aromatic N) is 3. The fourth-order valence-corrected chi connectivity index (χ4v) is 2.12. The van der Waals surface area contributed by atoms with Gasteiger partial charge in [-0.2, -0.15) is 0 Å². The number of anilines is 1. The molecule has 7 nitrogen and oxygen atoms in total. The lowest BCUT2D eigenvalue weighted by Gasteiger charge is -2.32. The Morgan fingerprint density at radius 2 is 1.95 bits per heavy atom. The summed E-state index contributed by atoms with van der Waals surface area (Å²) in [4.78, 5) is 26.4. The minimum Gasteiger partial charge on any atom is -0.371 e. The van der Waals surface area contributed by atoms with Gasteiger partial charge >= 0.3 is 0 Å². The number of nitro groups is 1. The second-order valence-electron chi connectivity index (χ2n) is 4.81. The number of hydrogen-bond acceptors (Lipinski definition) is 5. The number of hydrogen-bond donors (Lipinski definition) is 1. The molecule has 0 atom stereocenters. The van der Waals surface area contributed by atoms with E-state index < -0.39 is 4.92 Å². The summed E-state index contributed by atoms with van der Waals surface area (Å²) in [6.07, 6.45) is 0. The van der Waals surface area contributed by atoms with Crippen LogP contribution in [0.1, 0.15) is 0 Å². The predicted octanol–water partition coefficient (Wildman–Crippen LogP) is 0.781. The lowest BCUT2D eigenvalue weighted by molar-refractivity contribution is -0.383. The van der Waals surface area contributed by atoms with Crippen LogP contribution in [0.2, 0.25) is 0 Å². The molecule has 1 aromatic rings. The lowest BCUT2D eigenvalue weighted by Crippen LogP contribution is -2.48. The molecule has 1 aromatic carbocycles. The van der Waals surface area contributed by atoms with Crippen molar-refractivity contribution in [1.29, 1.82) is 0 Å². The molecule has 20 heavy (non-hydrogen) atoms. The molecule has 1 saturated heterocycles. The summed E-state index contributed by atoms with van der Waals surface area (Å²) in [5, 5.41) is 13.7. The number of carbonyl (C=O) groups excluding carboxylic acids is 1. The Morgan fingerprint density at radius 3 is 2.60 bits per heavy atom. The van der Waals surface area contributed by atoms with Crippen LogP contribution >= 0.6 is 0 Å². The molecule has 1 fully saturated rings. The van der Waals surface area contributed by atoms with Crippen LogP contribution in [-0.4, -0.2) is 60.4 Å². The van der Waals surface area contributed by atoms with Crippen molar-refractivity contribution < 1.29 is 9.72 Å². The zero-order valence-electron chi connectivity index (χ0n) is 11.4. The number of rotatable bonds is 4. The number of piperazine rings is 1. The Bertz CT molecular complexity index is 498. The van der Waals surface area contributed by atoms with Crippen LogP contribution in [0.25, 0.3) is 0 Å². The zero-order valence-corrected chi connectivity index (χ0v) is 11.4. The van der Waals surface area contributed by atoms with Crippen molar-refractivity contribution in [3.05, 3.63) is 34.4 Å². The molecular formula is C13H18N4O3. The van der Waals surface area contributed by atoms with E-state index in [9.17, 15) is 14.9 Å². The Balaban J connectivity index is 1.92. The fourth-order valence-electron chi connectivity index (χ4n) is 2.12.